The lowest BCUT2D eigenvalue weighted by Gasteiger charge is -2.12. The van der Waals surface area contributed by atoms with Crippen LogP contribution in [0.5, 0.6) is 0 Å². The van der Waals surface area contributed by atoms with E-state index in [4.69, 9.17) is 0 Å². The molecule has 0 radical (unpaired) electrons. The number of hydrogen-bond donors (Lipinski definition) is 3. The number of carbonyl (C=O) groups excluding carboxylic acids is 2. The summed E-state index contributed by atoms with van der Waals surface area (Å²) in [5, 5.41) is 8.97. The molecule has 1 fully saturated rings. The van der Waals surface area contributed by atoms with Crippen LogP contribution in [0.3, 0.4) is 0 Å². The molecule has 3 N–H and O–H groups in total. The maximum atomic E-state index is 12.2. The van der Waals surface area contributed by atoms with Crippen LogP contribution in [-0.4, -0.2) is 22.8 Å². The smallest absolute Gasteiger partial charge is 0.270 e. The number of anilines is 3. The molecule has 3 rings (SSSR count). The zero-order valence-electron chi connectivity index (χ0n) is 14.2. The molecule has 0 saturated heterocycles. The molecular weight excluding hydrogens is 316 g/mol. The van der Waals surface area contributed by atoms with Gasteiger partial charge in [0.2, 0.25) is 5.91 Å². The lowest BCUT2D eigenvalue weighted by atomic mass is 10.2. The number of amides is 2. The average molecular weight is 338 g/mol. The molecule has 1 aromatic carbocycles. The summed E-state index contributed by atoms with van der Waals surface area (Å²) in [6.07, 6.45) is 6.12. The monoisotopic (exact) mass is 338 g/mol. The summed E-state index contributed by atoms with van der Waals surface area (Å²) in [4.78, 5) is 27.4. The van der Waals surface area contributed by atoms with Gasteiger partial charge in [-0.15, -0.1) is 0 Å². The second kappa shape index (κ2) is 7.79. The molecule has 25 heavy (non-hydrogen) atoms. The Morgan fingerprint density at radius 3 is 2.20 bits per heavy atom. The second-order valence-corrected chi connectivity index (χ2v) is 6.27. The van der Waals surface area contributed by atoms with E-state index < -0.39 is 0 Å². The molecule has 1 aliphatic carbocycles. The lowest BCUT2D eigenvalue weighted by Crippen LogP contribution is -2.33. The number of aromatic nitrogens is 1. The van der Waals surface area contributed by atoms with E-state index in [0.29, 0.717) is 5.69 Å². The van der Waals surface area contributed by atoms with Gasteiger partial charge in [-0.25, -0.2) is 4.98 Å². The lowest BCUT2D eigenvalue weighted by molar-refractivity contribution is -0.114. The minimum absolute atomic E-state index is 0.101. The molecule has 0 bridgehead atoms. The highest BCUT2D eigenvalue weighted by molar-refractivity contribution is 5.92. The van der Waals surface area contributed by atoms with Crippen LogP contribution in [0.15, 0.2) is 42.6 Å². The molecule has 1 saturated carbocycles. The van der Waals surface area contributed by atoms with Gasteiger partial charge in [0, 0.05) is 24.3 Å². The van der Waals surface area contributed by atoms with Crippen molar-refractivity contribution in [3.05, 3.63) is 48.3 Å². The number of nitrogens with one attached hydrogen (secondary N) is 3. The standard InChI is InChI=1S/C19H22N4O2/c1-13(24)21-15-6-8-16(9-7-15)22-17-10-11-18(20-12-17)19(25)23-14-4-2-3-5-14/h6-12,14,22H,2-5H2,1H3,(H,21,24)(H,23,25). The van der Waals surface area contributed by atoms with Crippen LogP contribution in [0.4, 0.5) is 17.1 Å². The van der Waals surface area contributed by atoms with Crippen molar-refractivity contribution in [3.8, 4) is 0 Å². The van der Waals surface area contributed by atoms with E-state index in [-0.39, 0.29) is 17.9 Å². The molecule has 0 aliphatic heterocycles. The highest BCUT2D eigenvalue weighted by Crippen LogP contribution is 2.20. The predicted octanol–water partition coefficient (Wildman–Crippen LogP) is 3.46. The van der Waals surface area contributed by atoms with Crippen LogP contribution in [0, 0.1) is 0 Å². The normalized spacial score (nSPS) is 14.1. The van der Waals surface area contributed by atoms with Gasteiger partial charge in [0.15, 0.2) is 0 Å². The van der Waals surface area contributed by atoms with Crippen LogP contribution in [0.2, 0.25) is 0 Å². The third-order valence-corrected chi connectivity index (χ3v) is 4.18. The van der Waals surface area contributed by atoms with Crippen molar-refractivity contribution in [3.63, 3.8) is 0 Å². The third kappa shape index (κ3) is 4.79. The van der Waals surface area contributed by atoms with Crippen molar-refractivity contribution < 1.29 is 9.59 Å². The summed E-state index contributed by atoms with van der Waals surface area (Å²) < 4.78 is 0. The molecular formula is C19H22N4O2. The molecule has 6 nitrogen and oxygen atoms in total. The molecule has 0 spiro atoms. The number of benzene rings is 1. The van der Waals surface area contributed by atoms with Gasteiger partial charge in [0.1, 0.15) is 5.69 Å². The molecule has 0 atom stereocenters. The summed E-state index contributed by atoms with van der Waals surface area (Å²) in [5.74, 6) is -0.213. The Morgan fingerprint density at radius 2 is 1.60 bits per heavy atom. The number of hydrogen-bond acceptors (Lipinski definition) is 4. The minimum atomic E-state index is -0.113. The molecule has 1 heterocycles. The van der Waals surface area contributed by atoms with Crippen LogP contribution in [-0.2, 0) is 4.79 Å². The minimum Gasteiger partial charge on any atom is -0.354 e. The highest BCUT2D eigenvalue weighted by atomic mass is 16.2. The van der Waals surface area contributed by atoms with Gasteiger partial charge in [0.25, 0.3) is 5.91 Å². The topological polar surface area (TPSA) is 83.1 Å². The maximum absolute atomic E-state index is 12.2. The highest BCUT2D eigenvalue weighted by Gasteiger charge is 2.18. The van der Waals surface area contributed by atoms with E-state index in [9.17, 15) is 9.59 Å². The summed E-state index contributed by atoms with van der Waals surface area (Å²) in [6.45, 7) is 1.47. The number of rotatable bonds is 5. The molecule has 2 aromatic rings. The fraction of sp³-hybridized carbons (Fsp3) is 0.316. The van der Waals surface area contributed by atoms with Crippen molar-refractivity contribution in [2.45, 2.75) is 38.6 Å². The first-order chi connectivity index (χ1) is 12.1. The molecule has 1 aliphatic rings. The first-order valence-corrected chi connectivity index (χ1v) is 8.52. The van der Waals surface area contributed by atoms with E-state index in [0.717, 1.165) is 29.9 Å². The van der Waals surface area contributed by atoms with Crippen LogP contribution >= 0.6 is 0 Å². The van der Waals surface area contributed by atoms with Gasteiger partial charge in [-0.2, -0.15) is 0 Å². The van der Waals surface area contributed by atoms with Crippen molar-refractivity contribution in [1.29, 1.82) is 0 Å². The van der Waals surface area contributed by atoms with E-state index >= 15 is 0 Å². The van der Waals surface area contributed by atoms with Crippen LogP contribution in [0.1, 0.15) is 43.1 Å². The van der Waals surface area contributed by atoms with Crippen LogP contribution < -0.4 is 16.0 Å². The van der Waals surface area contributed by atoms with Crippen molar-refractivity contribution in [1.82, 2.24) is 10.3 Å². The Balaban J connectivity index is 1.58. The summed E-state index contributed by atoms with van der Waals surface area (Å²) in [5.41, 5.74) is 2.84. The SMILES string of the molecule is CC(=O)Nc1ccc(Nc2ccc(C(=O)NC3CCCC3)nc2)cc1. The first kappa shape index (κ1) is 17.0. The Labute approximate surface area is 147 Å². The van der Waals surface area contributed by atoms with Crippen LogP contribution in [0.25, 0.3) is 0 Å². The number of pyridine rings is 1. The summed E-state index contributed by atoms with van der Waals surface area (Å²) >= 11 is 0. The zero-order chi connectivity index (χ0) is 17.6. The Bertz CT molecular complexity index is 735. The van der Waals surface area contributed by atoms with Gasteiger partial charge in [-0.05, 0) is 49.2 Å². The molecule has 130 valence electrons. The average Bonchev–Trinajstić information content (AvgIpc) is 3.10. The molecule has 6 heteroatoms. The zero-order valence-corrected chi connectivity index (χ0v) is 14.2. The fourth-order valence-electron chi connectivity index (χ4n) is 2.94. The second-order valence-electron chi connectivity index (χ2n) is 6.27. The van der Waals surface area contributed by atoms with Crippen molar-refractivity contribution >= 4 is 28.9 Å². The Hall–Kier alpha value is -2.89. The molecule has 2 amide bonds. The Kier molecular flexibility index (Phi) is 5.28. The van der Waals surface area contributed by atoms with Gasteiger partial charge >= 0.3 is 0 Å². The summed E-state index contributed by atoms with van der Waals surface area (Å²) in [7, 11) is 0. The largest absolute Gasteiger partial charge is 0.354 e. The maximum Gasteiger partial charge on any atom is 0.270 e. The number of carbonyl (C=O) groups is 2. The van der Waals surface area contributed by atoms with Gasteiger partial charge < -0.3 is 16.0 Å². The summed E-state index contributed by atoms with van der Waals surface area (Å²) in [6, 6.07) is 11.2. The van der Waals surface area contributed by atoms with Gasteiger partial charge in [-0.3, -0.25) is 9.59 Å². The Morgan fingerprint density at radius 1 is 0.960 bits per heavy atom. The van der Waals surface area contributed by atoms with Gasteiger partial charge in [-0.1, -0.05) is 12.8 Å². The van der Waals surface area contributed by atoms with Gasteiger partial charge in [0.05, 0.1) is 11.9 Å². The number of nitrogens with zero attached hydrogens (tertiary/aromatic N) is 1. The van der Waals surface area contributed by atoms with E-state index in [2.05, 4.69) is 20.9 Å². The third-order valence-electron chi connectivity index (χ3n) is 4.18. The van der Waals surface area contributed by atoms with E-state index in [1.54, 1.807) is 12.3 Å². The first-order valence-electron chi connectivity index (χ1n) is 8.52. The van der Waals surface area contributed by atoms with Crippen molar-refractivity contribution in [2.24, 2.45) is 0 Å². The quantitative estimate of drug-likeness (QED) is 0.780. The van der Waals surface area contributed by atoms with E-state index in [1.165, 1.54) is 19.8 Å². The van der Waals surface area contributed by atoms with Crippen molar-refractivity contribution in [2.75, 3.05) is 10.6 Å². The fourth-order valence-corrected chi connectivity index (χ4v) is 2.94. The molecule has 1 aromatic heterocycles. The van der Waals surface area contributed by atoms with E-state index in [1.807, 2.05) is 30.3 Å². The molecule has 0 unspecified atom stereocenters. The predicted molar refractivity (Wildman–Crippen MR) is 98.0 cm³/mol.